The van der Waals surface area contributed by atoms with Crippen LogP contribution in [-0.2, 0) is 4.79 Å². The number of hydrogen-bond acceptors (Lipinski definition) is 4. The zero-order valence-corrected chi connectivity index (χ0v) is 12.8. The highest BCUT2D eigenvalue weighted by Crippen LogP contribution is 2.22. The number of aryl methyl sites for hydroxylation is 3. The summed E-state index contributed by atoms with van der Waals surface area (Å²) in [6.07, 6.45) is 0. The third kappa shape index (κ3) is 3.60. The van der Waals surface area contributed by atoms with Gasteiger partial charge in [0.2, 0.25) is 11.1 Å². The molecule has 0 aliphatic rings. The molecule has 0 aliphatic carbocycles. The number of carbonyl (C=O) groups is 1. The van der Waals surface area contributed by atoms with Gasteiger partial charge in [-0.1, -0.05) is 23.9 Å². The average Bonchev–Trinajstić information content (AvgIpc) is 2.79. The summed E-state index contributed by atoms with van der Waals surface area (Å²) in [7, 11) is 0. The molecule has 0 spiro atoms. The maximum atomic E-state index is 12.2. The summed E-state index contributed by atoms with van der Waals surface area (Å²) < 4.78 is 0. The molecule has 0 aliphatic heterocycles. The summed E-state index contributed by atoms with van der Waals surface area (Å²) in [6.45, 7) is 7.66. The molecular formula is C14H18N4OS. The van der Waals surface area contributed by atoms with Gasteiger partial charge in [0.1, 0.15) is 5.82 Å². The quantitative estimate of drug-likeness (QED) is 0.849. The molecule has 0 radical (unpaired) electrons. The van der Waals surface area contributed by atoms with Crippen LogP contribution in [0.3, 0.4) is 0 Å². The number of nitrogens with zero attached hydrogens (tertiary/aromatic N) is 2. The molecule has 20 heavy (non-hydrogen) atoms. The van der Waals surface area contributed by atoms with Gasteiger partial charge in [-0.05, 0) is 44.9 Å². The lowest BCUT2D eigenvalue weighted by atomic mass is 10.1. The van der Waals surface area contributed by atoms with Crippen LogP contribution in [0.25, 0.3) is 0 Å². The second-order valence-electron chi connectivity index (χ2n) is 4.77. The molecule has 0 bridgehead atoms. The third-order valence-electron chi connectivity index (χ3n) is 2.88. The van der Waals surface area contributed by atoms with E-state index in [0.717, 1.165) is 22.6 Å². The van der Waals surface area contributed by atoms with Crippen LogP contribution in [0, 0.1) is 20.8 Å². The molecule has 0 saturated carbocycles. The Morgan fingerprint density at radius 2 is 2.10 bits per heavy atom. The van der Waals surface area contributed by atoms with Crippen LogP contribution >= 0.6 is 11.8 Å². The van der Waals surface area contributed by atoms with E-state index in [9.17, 15) is 4.79 Å². The fraction of sp³-hybridized carbons (Fsp3) is 0.357. The van der Waals surface area contributed by atoms with Gasteiger partial charge in [0.25, 0.3) is 0 Å². The van der Waals surface area contributed by atoms with E-state index >= 15 is 0 Å². The number of H-pyrrole nitrogens is 1. The molecule has 0 saturated heterocycles. The van der Waals surface area contributed by atoms with Gasteiger partial charge in [-0.2, -0.15) is 0 Å². The maximum absolute atomic E-state index is 12.2. The predicted octanol–water partition coefficient (Wildman–Crippen LogP) is 2.85. The van der Waals surface area contributed by atoms with E-state index in [1.165, 1.54) is 11.8 Å². The van der Waals surface area contributed by atoms with Crippen molar-refractivity contribution >= 4 is 23.4 Å². The van der Waals surface area contributed by atoms with E-state index in [-0.39, 0.29) is 11.2 Å². The van der Waals surface area contributed by atoms with Crippen molar-refractivity contribution in [3.8, 4) is 0 Å². The SMILES string of the molecule is Cc1ccc(C)c(NC(=O)C(C)Sc2n[nH]c(C)n2)c1. The largest absolute Gasteiger partial charge is 0.325 e. The molecule has 2 rings (SSSR count). The fourth-order valence-electron chi connectivity index (χ4n) is 1.69. The number of carbonyl (C=O) groups excluding carboxylic acids is 1. The number of amides is 1. The molecule has 6 heteroatoms. The number of anilines is 1. The second-order valence-corrected chi connectivity index (χ2v) is 6.08. The Morgan fingerprint density at radius 1 is 1.35 bits per heavy atom. The van der Waals surface area contributed by atoms with E-state index in [0.29, 0.717) is 5.16 Å². The monoisotopic (exact) mass is 290 g/mol. The Bertz CT molecular complexity index is 623. The summed E-state index contributed by atoms with van der Waals surface area (Å²) in [5.74, 6) is 0.695. The van der Waals surface area contributed by atoms with Gasteiger partial charge in [0.15, 0.2) is 0 Å². The molecule has 1 aromatic heterocycles. The van der Waals surface area contributed by atoms with E-state index in [4.69, 9.17) is 0 Å². The summed E-state index contributed by atoms with van der Waals surface area (Å²) in [5.41, 5.74) is 3.03. The van der Waals surface area contributed by atoms with E-state index in [1.54, 1.807) is 0 Å². The Morgan fingerprint density at radius 3 is 2.75 bits per heavy atom. The van der Waals surface area contributed by atoms with Gasteiger partial charge in [-0.3, -0.25) is 9.89 Å². The Hall–Kier alpha value is -1.82. The second kappa shape index (κ2) is 6.09. The Balaban J connectivity index is 2.02. The van der Waals surface area contributed by atoms with Crippen LogP contribution in [-0.4, -0.2) is 26.3 Å². The van der Waals surface area contributed by atoms with Gasteiger partial charge in [0, 0.05) is 5.69 Å². The van der Waals surface area contributed by atoms with Gasteiger partial charge in [0.05, 0.1) is 5.25 Å². The van der Waals surface area contributed by atoms with Crippen molar-refractivity contribution < 1.29 is 4.79 Å². The van der Waals surface area contributed by atoms with Gasteiger partial charge in [-0.15, -0.1) is 5.10 Å². The predicted molar refractivity (Wildman–Crippen MR) is 81.0 cm³/mol. The average molecular weight is 290 g/mol. The van der Waals surface area contributed by atoms with E-state index in [1.807, 2.05) is 45.9 Å². The third-order valence-corrected chi connectivity index (χ3v) is 3.84. The molecule has 2 N–H and O–H groups in total. The van der Waals surface area contributed by atoms with Crippen molar-refractivity contribution in [1.29, 1.82) is 0 Å². The lowest BCUT2D eigenvalue weighted by Gasteiger charge is -2.12. The first-order valence-electron chi connectivity index (χ1n) is 6.39. The molecule has 0 fully saturated rings. The van der Waals surface area contributed by atoms with Crippen LogP contribution in [0.5, 0.6) is 0 Å². The number of thioether (sulfide) groups is 1. The number of benzene rings is 1. The standard InChI is InChI=1S/C14H18N4OS/c1-8-5-6-9(2)12(7-8)16-13(19)10(3)20-14-15-11(4)17-18-14/h5-7,10H,1-4H3,(H,16,19)(H,15,17,18). The Labute approximate surface area is 122 Å². The summed E-state index contributed by atoms with van der Waals surface area (Å²) >= 11 is 1.34. The summed E-state index contributed by atoms with van der Waals surface area (Å²) in [4.78, 5) is 16.4. The van der Waals surface area contributed by atoms with Gasteiger partial charge >= 0.3 is 0 Å². The number of nitrogens with one attached hydrogen (secondary N) is 2. The van der Waals surface area contributed by atoms with Gasteiger partial charge in [-0.25, -0.2) is 4.98 Å². The van der Waals surface area contributed by atoms with Crippen molar-refractivity contribution in [2.24, 2.45) is 0 Å². The van der Waals surface area contributed by atoms with Crippen LogP contribution in [0.2, 0.25) is 0 Å². The van der Waals surface area contributed by atoms with Gasteiger partial charge < -0.3 is 5.32 Å². The lowest BCUT2D eigenvalue weighted by Crippen LogP contribution is -2.23. The van der Waals surface area contributed by atoms with E-state index < -0.39 is 0 Å². The number of rotatable bonds is 4. The van der Waals surface area contributed by atoms with Crippen LogP contribution in [0.4, 0.5) is 5.69 Å². The van der Waals surface area contributed by atoms with Crippen molar-refractivity contribution in [2.45, 2.75) is 38.1 Å². The first-order valence-corrected chi connectivity index (χ1v) is 7.27. The van der Waals surface area contributed by atoms with E-state index in [2.05, 4.69) is 20.5 Å². The normalized spacial score (nSPS) is 12.2. The minimum absolute atomic E-state index is 0.0499. The Kier molecular flexibility index (Phi) is 4.44. The molecule has 1 amide bonds. The smallest absolute Gasteiger partial charge is 0.237 e. The van der Waals surface area contributed by atoms with Crippen LogP contribution in [0.1, 0.15) is 23.9 Å². The molecule has 1 unspecified atom stereocenters. The first kappa shape index (κ1) is 14.6. The van der Waals surface area contributed by atoms with Crippen molar-refractivity contribution in [1.82, 2.24) is 15.2 Å². The fourth-order valence-corrected chi connectivity index (χ4v) is 2.46. The van der Waals surface area contributed by atoms with Crippen LogP contribution in [0.15, 0.2) is 23.4 Å². The number of aromatic amines is 1. The molecule has 1 atom stereocenters. The zero-order valence-electron chi connectivity index (χ0n) is 12.0. The number of hydrogen-bond donors (Lipinski definition) is 2. The van der Waals surface area contributed by atoms with Crippen molar-refractivity contribution in [3.05, 3.63) is 35.2 Å². The highest BCUT2D eigenvalue weighted by Gasteiger charge is 2.17. The molecule has 106 valence electrons. The molecule has 5 nitrogen and oxygen atoms in total. The minimum atomic E-state index is -0.259. The van der Waals surface area contributed by atoms with Crippen LogP contribution < -0.4 is 5.32 Å². The van der Waals surface area contributed by atoms with Crippen molar-refractivity contribution in [2.75, 3.05) is 5.32 Å². The minimum Gasteiger partial charge on any atom is -0.325 e. The summed E-state index contributed by atoms with van der Waals surface area (Å²) in [6, 6.07) is 6.00. The number of aromatic nitrogens is 3. The highest BCUT2D eigenvalue weighted by molar-refractivity contribution is 8.00. The maximum Gasteiger partial charge on any atom is 0.237 e. The molecular weight excluding hydrogens is 272 g/mol. The summed E-state index contributed by atoms with van der Waals surface area (Å²) in [5, 5.41) is 10.1. The molecule has 1 heterocycles. The first-order chi connectivity index (χ1) is 9.45. The topological polar surface area (TPSA) is 70.7 Å². The molecule has 1 aromatic carbocycles. The highest BCUT2D eigenvalue weighted by atomic mass is 32.2. The molecule has 2 aromatic rings. The lowest BCUT2D eigenvalue weighted by molar-refractivity contribution is -0.115. The zero-order chi connectivity index (χ0) is 14.7. The van der Waals surface area contributed by atoms with Crippen molar-refractivity contribution in [3.63, 3.8) is 0 Å².